The molecule has 0 saturated carbocycles. The third-order valence-corrected chi connectivity index (χ3v) is 6.92. The highest BCUT2D eigenvalue weighted by molar-refractivity contribution is 7.19. The maximum absolute atomic E-state index is 10.4. The SMILES string of the molecule is OC[C@H]1O[C@H]2c3cc(Cc4cc5ccccc5s4)c(Cl)cc3O[C@H]2[C@@H](O)[C@@H]1O. The molecule has 1 aromatic heterocycles. The van der Waals surface area contributed by atoms with Gasteiger partial charge >= 0.3 is 0 Å². The summed E-state index contributed by atoms with van der Waals surface area (Å²) in [7, 11) is 0. The van der Waals surface area contributed by atoms with Gasteiger partial charge in [0.15, 0.2) is 6.10 Å². The monoisotopic (exact) mass is 418 g/mol. The Labute approximate surface area is 170 Å². The molecule has 0 spiro atoms. The van der Waals surface area contributed by atoms with E-state index >= 15 is 0 Å². The van der Waals surface area contributed by atoms with Crippen molar-refractivity contribution in [2.24, 2.45) is 0 Å². The van der Waals surface area contributed by atoms with E-state index in [0.29, 0.717) is 17.2 Å². The highest BCUT2D eigenvalue weighted by atomic mass is 35.5. The Morgan fingerprint density at radius 3 is 2.68 bits per heavy atom. The van der Waals surface area contributed by atoms with E-state index in [1.54, 1.807) is 17.4 Å². The fourth-order valence-corrected chi connectivity index (χ4v) is 5.32. The molecule has 1 saturated heterocycles. The summed E-state index contributed by atoms with van der Waals surface area (Å²) in [5.74, 6) is 0.546. The molecule has 1 fully saturated rings. The van der Waals surface area contributed by atoms with Crippen molar-refractivity contribution < 1.29 is 24.8 Å². The predicted octanol–water partition coefficient (Wildman–Crippen LogP) is 3.06. The molecular weight excluding hydrogens is 400 g/mol. The molecule has 28 heavy (non-hydrogen) atoms. The predicted molar refractivity (Wildman–Crippen MR) is 107 cm³/mol. The van der Waals surface area contributed by atoms with E-state index in [1.165, 1.54) is 15.0 Å². The van der Waals surface area contributed by atoms with Gasteiger partial charge in [0, 0.05) is 26.6 Å². The van der Waals surface area contributed by atoms with Crippen molar-refractivity contribution in [3.63, 3.8) is 0 Å². The van der Waals surface area contributed by atoms with Crippen LogP contribution in [0.2, 0.25) is 5.02 Å². The van der Waals surface area contributed by atoms with Gasteiger partial charge in [0.2, 0.25) is 0 Å². The van der Waals surface area contributed by atoms with Crippen molar-refractivity contribution >= 4 is 33.0 Å². The van der Waals surface area contributed by atoms with Crippen LogP contribution in [-0.4, -0.2) is 46.3 Å². The number of rotatable bonds is 3. The van der Waals surface area contributed by atoms with Gasteiger partial charge in [-0.25, -0.2) is 0 Å². The highest BCUT2D eigenvalue weighted by Crippen LogP contribution is 2.46. The quantitative estimate of drug-likeness (QED) is 0.609. The molecule has 146 valence electrons. The number of thiophene rings is 1. The molecule has 0 aliphatic carbocycles. The van der Waals surface area contributed by atoms with Gasteiger partial charge in [-0.1, -0.05) is 29.8 Å². The first-order valence-electron chi connectivity index (χ1n) is 9.14. The number of hydrogen-bond acceptors (Lipinski definition) is 6. The summed E-state index contributed by atoms with van der Waals surface area (Å²) < 4.78 is 12.9. The first kappa shape index (κ1) is 18.4. The summed E-state index contributed by atoms with van der Waals surface area (Å²) in [5, 5.41) is 31.7. The van der Waals surface area contributed by atoms with Crippen molar-refractivity contribution in [2.75, 3.05) is 6.61 Å². The molecule has 0 unspecified atom stereocenters. The minimum atomic E-state index is -1.20. The summed E-state index contributed by atoms with van der Waals surface area (Å²) >= 11 is 8.24. The fourth-order valence-electron chi connectivity index (χ4n) is 4.01. The summed E-state index contributed by atoms with van der Waals surface area (Å²) in [6, 6.07) is 14.1. The zero-order chi connectivity index (χ0) is 19.4. The molecule has 3 N–H and O–H groups in total. The molecule has 5 rings (SSSR count). The van der Waals surface area contributed by atoms with Crippen LogP contribution in [0.5, 0.6) is 5.75 Å². The van der Waals surface area contributed by atoms with Gasteiger partial charge in [-0.15, -0.1) is 11.3 Å². The van der Waals surface area contributed by atoms with Gasteiger partial charge in [-0.2, -0.15) is 0 Å². The van der Waals surface area contributed by atoms with E-state index in [1.807, 2.05) is 18.2 Å². The van der Waals surface area contributed by atoms with Crippen LogP contribution in [0, 0.1) is 0 Å². The van der Waals surface area contributed by atoms with Crippen molar-refractivity contribution in [3.05, 3.63) is 63.5 Å². The molecule has 7 heteroatoms. The topological polar surface area (TPSA) is 79.2 Å². The van der Waals surface area contributed by atoms with Gasteiger partial charge in [-0.3, -0.25) is 0 Å². The van der Waals surface area contributed by atoms with Crippen molar-refractivity contribution in [1.29, 1.82) is 0 Å². The third kappa shape index (κ3) is 2.92. The van der Waals surface area contributed by atoms with Gasteiger partial charge in [0.25, 0.3) is 0 Å². The van der Waals surface area contributed by atoms with E-state index < -0.39 is 30.5 Å². The van der Waals surface area contributed by atoms with Crippen LogP contribution in [0.25, 0.3) is 10.1 Å². The maximum atomic E-state index is 10.4. The summed E-state index contributed by atoms with van der Waals surface area (Å²) in [4.78, 5) is 1.20. The van der Waals surface area contributed by atoms with Crippen LogP contribution < -0.4 is 4.74 Å². The van der Waals surface area contributed by atoms with E-state index in [0.717, 1.165) is 11.1 Å². The zero-order valence-corrected chi connectivity index (χ0v) is 16.4. The number of benzene rings is 2. The van der Waals surface area contributed by atoms with E-state index in [-0.39, 0.29) is 6.61 Å². The number of halogens is 1. The van der Waals surface area contributed by atoms with Crippen molar-refractivity contribution in [3.8, 4) is 5.75 Å². The average molecular weight is 419 g/mol. The second kappa shape index (κ2) is 6.99. The fraction of sp³-hybridized carbons (Fsp3) is 0.333. The number of aliphatic hydroxyl groups excluding tert-OH is 3. The Bertz CT molecular complexity index is 1000. The second-order valence-corrected chi connectivity index (χ2v) is 8.83. The summed E-state index contributed by atoms with van der Waals surface area (Å²) in [6.45, 7) is -0.376. The molecule has 0 radical (unpaired) electrons. The average Bonchev–Trinajstić information content (AvgIpc) is 3.25. The van der Waals surface area contributed by atoms with Crippen LogP contribution in [0.15, 0.2) is 42.5 Å². The van der Waals surface area contributed by atoms with Gasteiger partial charge in [-0.05, 0) is 35.2 Å². The molecule has 0 amide bonds. The lowest BCUT2D eigenvalue weighted by atomic mass is 9.92. The Morgan fingerprint density at radius 2 is 1.89 bits per heavy atom. The molecular formula is C21H19ClO5S. The number of fused-ring (bicyclic) bond motifs is 4. The zero-order valence-electron chi connectivity index (χ0n) is 14.8. The minimum absolute atomic E-state index is 0.376. The third-order valence-electron chi connectivity index (χ3n) is 5.46. The van der Waals surface area contributed by atoms with Gasteiger partial charge < -0.3 is 24.8 Å². The molecule has 2 aliphatic heterocycles. The van der Waals surface area contributed by atoms with Crippen LogP contribution in [0.4, 0.5) is 0 Å². The highest BCUT2D eigenvalue weighted by Gasteiger charge is 2.50. The summed E-state index contributed by atoms with van der Waals surface area (Å²) in [5.41, 5.74) is 1.73. The van der Waals surface area contributed by atoms with Crippen LogP contribution in [-0.2, 0) is 11.2 Å². The normalized spacial score (nSPS) is 28.8. The maximum Gasteiger partial charge on any atom is 0.157 e. The molecule has 3 aromatic rings. The van der Waals surface area contributed by atoms with Crippen LogP contribution in [0.3, 0.4) is 0 Å². The lowest BCUT2D eigenvalue weighted by molar-refractivity contribution is -0.215. The van der Waals surface area contributed by atoms with Crippen LogP contribution in [0.1, 0.15) is 22.1 Å². The molecule has 5 atom stereocenters. The van der Waals surface area contributed by atoms with Crippen LogP contribution >= 0.6 is 22.9 Å². The largest absolute Gasteiger partial charge is 0.484 e. The number of hydrogen-bond donors (Lipinski definition) is 3. The molecule has 3 heterocycles. The molecule has 0 bridgehead atoms. The first-order chi connectivity index (χ1) is 13.5. The standard InChI is InChI=1S/C21H19ClO5S/c22-14-8-15-13(20-21(26-15)19(25)18(24)16(9-23)27-20)7-11(14)6-12-5-10-3-1-2-4-17(10)28-12/h1-5,7-8,16,18-21,23-25H,6,9H2/t16-,18-,19+,20+,21+/m1/s1. The lowest BCUT2D eigenvalue weighted by Gasteiger charge is -2.38. The Balaban J connectivity index is 1.48. The Hall–Kier alpha value is -1.67. The van der Waals surface area contributed by atoms with Gasteiger partial charge in [0.1, 0.15) is 30.2 Å². The first-order valence-corrected chi connectivity index (χ1v) is 10.3. The van der Waals surface area contributed by atoms with E-state index in [2.05, 4.69) is 18.2 Å². The van der Waals surface area contributed by atoms with Crippen molar-refractivity contribution in [2.45, 2.75) is 36.9 Å². The second-order valence-electron chi connectivity index (χ2n) is 7.25. The number of ether oxygens (including phenoxy) is 2. The molecule has 5 nitrogen and oxygen atoms in total. The Kier molecular flexibility index (Phi) is 4.58. The lowest BCUT2D eigenvalue weighted by Crippen LogP contribution is -2.55. The van der Waals surface area contributed by atoms with Gasteiger partial charge in [0.05, 0.1) is 6.61 Å². The molecule has 2 aromatic carbocycles. The smallest absolute Gasteiger partial charge is 0.157 e. The van der Waals surface area contributed by atoms with Crippen molar-refractivity contribution in [1.82, 2.24) is 0 Å². The number of aliphatic hydroxyl groups is 3. The summed E-state index contributed by atoms with van der Waals surface area (Å²) in [6.07, 6.45) is -3.79. The van der Waals surface area contributed by atoms with E-state index in [4.69, 9.17) is 21.1 Å². The molecule has 2 aliphatic rings. The van der Waals surface area contributed by atoms with E-state index in [9.17, 15) is 15.3 Å². The minimum Gasteiger partial charge on any atom is -0.484 e. The Morgan fingerprint density at radius 1 is 1.07 bits per heavy atom.